The van der Waals surface area contributed by atoms with E-state index in [9.17, 15) is 4.79 Å². The van der Waals surface area contributed by atoms with E-state index in [-0.39, 0.29) is 29.9 Å². The molecule has 0 atom stereocenters. The van der Waals surface area contributed by atoms with Gasteiger partial charge in [0.05, 0.1) is 0 Å². The summed E-state index contributed by atoms with van der Waals surface area (Å²) in [6, 6.07) is 0.431. The standard InChI is InChI=1S/C20H36N4O2S.HI/c1-21-20(22-9-6-16-7-12-26-13-8-16)23-18-4-2-17(3-5-18)19(25)24-10-14-27-15-11-24;/h16-18H,2-15H2,1H3,(H2,21,22,23);1H. The SMILES string of the molecule is CN=C(NCCC1CCOCC1)NC1CCC(C(=O)N2CCSCC2)CC1.I. The second-order valence-corrected chi connectivity index (χ2v) is 9.20. The van der Waals surface area contributed by atoms with Crippen LogP contribution in [0.25, 0.3) is 0 Å². The molecule has 1 saturated carbocycles. The maximum Gasteiger partial charge on any atom is 0.225 e. The summed E-state index contributed by atoms with van der Waals surface area (Å²) < 4.78 is 5.43. The number of thioether (sulfide) groups is 1. The molecule has 2 aliphatic heterocycles. The van der Waals surface area contributed by atoms with Crippen molar-refractivity contribution in [2.75, 3.05) is 51.4 Å². The molecule has 6 nitrogen and oxygen atoms in total. The van der Waals surface area contributed by atoms with Crippen molar-refractivity contribution in [3.63, 3.8) is 0 Å². The van der Waals surface area contributed by atoms with Crippen LogP contribution in [0, 0.1) is 11.8 Å². The van der Waals surface area contributed by atoms with E-state index in [1.165, 1.54) is 19.3 Å². The number of nitrogens with one attached hydrogen (secondary N) is 2. The van der Waals surface area contributed by atoms with E-state index in [0.29, 0.717) is 11.9 Å². The average molecular weight is 525 g/mol. The van der Waals surface area contributed by atoms with E-state index in [0.717, 1.165) is 81.9 Å². The molecule has 2 N–H and O–H groups in total. The second-order valence-electron chi connectivity index (χ2n) is 7.97. The summed E-state index contributed by atoms with van der Waals surface area (Å²) in [5, 5.41) is 7.04. The van der Waals surface area contributed by atoms with Crippen LogP contribution in [0.2, 0.25) is 0 Å². The van der Waals surface area contributed by atoms with Gasteiger partial charge in [-0.15, -0.1) is 24.0 Å². The molecule has 1 amide bonds. The van der Waals surface area contributed by atoms with E-state index < -0.39 is 0 Å². The van der Waals surface area contributed by atoms with E-state index in [1.807, 2.05) is 18.8 Å². The van der Waals surface area contributed by atoms with Gasteiger partial charge in [0.15, 0.2) is 5.96 Å². The van der Waals surface area contributed by atoms with Crippen molar-refractivity contribution >= 4 is 47.6 Å². The second kappa shape index (κ2) is 13.2. The van der Waals surface area contributed by atoms with Gasteiger partial charge in [-0.05, 0) is 50.9 Å². The normalized spacial score (nSPS) is 27.0. The summed E-state index contributed by atoms with van der Waals surface area (Å²) in [6.07, 6.45) is 7.65. The quantitative estimate of drug-likeness (QED) is 0.329. The van der Waals surface area contributed by atoms with Crippen molar-refractivity contribution in [1.29, 1.82) is 0 Å². The van der Waals surface area contributed by atoms with Gasteiger partial charge in [-0.1, -0.05) is 0 Å². The van der Waals surface area contributed by atoms with Gasteiger partial charge in [-0.25, -0.2) is 0 Å². The van der Waals surface area contributed by atoms with Crippen LogP contribution in [0.3, 0.4) is 0 Å². The Bertz CT molecular complexity index is 489. The molecule has 0 aromatic rings. The van der Waals surface area contributed by atoms with Gasteiger partial charge in [-0.2, -0.15) is 11.8 Å². The number of nitrogens with zero attached hydrogens (tertiary/aromatic N) is 2. The average Bonchev–Trinajstić information content (AvgIpc) is 2.74. The Kier molecular flexibility index (Phi) is 11.3. The van der Waals surface area contributed by atoms with Crippen molar-refractivity contribution in [3.8, 4) is 0 Å². The van der Waals surface area contributed by atoms with Crippen molar-refractivity contribution in [2.45, 2.75) is 51.0 Å². The van der Waals surface area contributed by atoms with Crippen molar-refractivity contribution in [1.82, 2.24) is 15.5 Å². The zero-order chi connectivity index (χ0) is 18.9. The fourth-order valence-electron chi connectivity index (χ4n) is 4.34. The van der Waals surface area contributed by atoms with Crippen LogP contribution in [0.5, 0.6) is 0 Å². The van der Waals surface area contributed by atoms with Crippen molar-refractivity contribution in [3.05, 3.63) is 0 Å². The number of aliphatic imine (C=N–C) groups is 1. The van der Waals surface area contributed by atoms with E-state index >= 15 is 0 Å². The zero-order valence-corrected chi connectivity index (χ0v) is 20.3. The lowest BCUT2D eigenvalue weighted by atomic mass is 9.85. The number of ether oxygens (including phenoxy) is 1. The number of rotatable bonds is 5. The first-order valence-corrected chi connectivity index (χ1v) is 11.8. The number of guanidine groups is 1. The summed E-state index contributed by atoms with van der Waals surface area (Å²) >= 11 is 1.96. The van der Waals surface area contributed by atoms with Crippen molar-refractivity contribution in [2.24, 2.45) is 16.8 Å². The minimum absolute atomic E-state index is 0. The molecule has 0 spiro atoms. The highest BCUT2D eigenvalue weighted by molar-refractivity contribution is 14.0. The largest absolute Gasteiger partial charge is 0.381 e. The molecule has 3 aliphatic rings. The lowest BCUT2D eigenvalue weighted by molar-refractivity contribution is -0.136. The molecule has 28 heavy (non-hydrogen) atoms. The topological polar surface area (TPSA) is 66.0 Å². The summed E-state index contributed by atoms with van der Waals surface area (Å²) in [6.45, 7) is 4.66. The van der Waals surface area contributed by atoms with Gasteiger partial charge in [0.2, 0.25) is 5.91 Å². The molecule has 162 valence electrons. The summed E-state index contributed by atoms with van der Waals surface area (Å²) in [5.74, 6) is 4.50. The van der Waals surface area contributed by atoms with Gasteiger partial charge in [0.25, 0.3) is 0 Å². The van der Waals surface area contributed by atoms with Gasteiger partial charge in [0, 0.05) is 63.4 Å². The van der Waals surface area contributed by atoms with Crippen LogP contribution in [-0.4, -0.2) is 74.2 Å². The first-order chi connectivity index (χ1) is 13.3. The fraction of sp³-hybridized carbons (Fsp3) is 0.900. The first-order valence-electron chi connectivity index (χ1n) is 10.7. The molecule has 0 aromatic heterocycles. The minimum atomic E-state index is 0. The number of carbonyl (C=O) groups excluding carboxylic acids is 1. The third kappa shape index (κ3) is 7.55. The third-order valence-electron chi connectivity index (χ3n) is 6.15. The Labute approximate surface area is 191 Å². The first kappa shape index (κ1) is 24.1. The van der Waals surface area contributed by atoms with E-state index in [4.69, 9.17) is 4.74 Å². The van der Waals surface area contributed by atoms with Crippen LogP contribution < -0.4 is 10.6 Å². The van der Waals surface area contributed by atoms with Crippen LogP contribution >= 0.6 is 35.7 Å². The monoisotopic (exact) mass is 524 g/mol. The molecule has 0 unspecified atom stereocenters. The summed E-state index contributed by atoms with van der Waals surface area (Å²) in [5.41, 5.74) is 0. The van der Waals surface area contributed by atoms with Crippen molar-refractivity contribution < 1.29 is 9.53 Å². The fourth-order valence-corrected chi connectivity index (χ4v) is 5.25. The summed E-state index contributed by atoms with van der Waals surface area (Å²) in [7, 11) is 1.84. The number of hydrogen-bond acceptors (Lipinski definition) is 4. The molecule has 8 heteroatoms. The molecule has 3 fully saturated rings. The molecule has 1 aliphatic carbocycles. The zero-order valence-electron chi connectivity index (χ0n) is 17.2. The van der Waals surface area contributed by atoms with Crippen LogP contribution in [-0.2, 0) is 9.53 Å². The van der Waals surface area contributed by atoms with E-state index in [1.54, 1.807) is 0 Å². The predicted octanol–water partition coefficient (Wildman–Crippen LogP) is 2.72. The Morgan fingerprint density at radius 2 is 1.79 bits per heavy atom. The molecular weight excluding hydrogens is 487 g/mol. The molecule has 0 bridgehead atoms. The molecule has 2 heterocycles. The number of carbonyl (C=O) groups is 1. The Hall–Kier alpha value is -0.220. The summed E-state index contributed by atoms with van der Waals surface area (Å²) in [4.78, 5) is 19.2. The maximum absolute atomic E-state index is 12.7. The van der Waals surface area contributed by atoms with Gasteiger partial charge in [0.1, 0.15) is 0 Å². The van der Waals surface area contributed by atoms with Crippen LogP contribution in [0.1, 0.15) is 44.9 Å². The highest BCUT2D eigenvalue weighted by atomic mass is 127. The number of halogens is 1. The predicted molar refractivity (Wildman–Crippen MR) is 128 cm³/mol. The molecule has 3 rings (SSSR count). The minimum Gasteiger partial charge on any atom is -0.381 e. The Morgan fingerprint density at radius 3 is 2.43 bits per heavy atom. The molecule has 0 radical (unpaired) electrons. The highest BCUT2D eigenvalue weighted by Crippen LogP contribution is 2.27. The lowest BCUT2D eigenvalue weighted by Crippen LogP contribution is -2.47. The van der Waals surface area contributed by atoms with Crippen LogP contribution in [0.4, 0.5) is 0 Å². The number of amides is 1. The Balaban J connectivity index is 0.00000280. The molecular formula is C20H37IN4O2S. The van der Waals surface area contributed by atoms with Crippen LogP contribution in [0.15, 0.2) is 4.99 Å². The lowest BCUT2D eigenvalue weighted by Gasteiger charge is -2.34. The third-order valence-corrected chi connectivity index (χ3v) is 7.09. The Morgan fingerprint density at radius 1 is 1.11 bits per heavy atom. The maximum atomic E-state index is 12.7. The van der Waals surface area contributed by atoms with Gasteiger partial charge < -0.3 is 20.3 Å². The smallest absolute Gasteiger partial charge is 0.225 e. The van der Waals surface area contributed by atoms with Gasteiger partial charge in [-0.3, -0.25) is 9.79 Å². The van der Waals surface area contributed by atoms with E-state index in [2.05, 4.69) is 20.5 Å². The van der Waals surface area contributed by atoms with Gasteiger partial charge >= 0.3 is 0 Å². The molecule has 2 saturated heterocycles. The number of hydrogen-bond donors (Lipinski definition) is 2. The molecule has 0 aromatic carbocycles. The highest BCUT2D eigenvalue weighted by Gasteiger charge is 2.30.